The third kappa shape index (κ3) is 5.15. The highest BCUT2D eigenvalue weighted by Gasteiger charge is 2.41. The van der Waals surface area contributed by atoms with Crippen molar-refractivity contribution >= 4 is 17.6 Å². The van der Waals surface area contributed by atoms with E-state index in [0.29, 0.717) is 0 Å². The molecule has 0 aliphatic heterocycles. The van der Waals surface area contributed by atoms with Gasteiger partial charge in [0.25, 0.3) is 6.36 Å². The van der Waals surface area contributed by atoms with Gasteiger partial charge in [0.1, 0.15) is 10.8 Å². The number of rotatable bonds is 6. The number of nitrogens with zero attached hydrogens (tertiary/aromatic N) is 3. The van der Waals surface area contributed by atoms with Crippen molar-refractivity contribution in [2.45, 2.75) is 53.0 Å². The van der Waals surface area contributed by atoms with Crippen LogP contribution in [-0.4, -0.2) is 39.1 Å². The highest BCUT2D eigenvalue weighted by Crippen LogP contribution is 2.32. The maximum atomic E-state index is 14.0. The van der Waals surface area contributed by atoms with Crippen LogP contribution in [-0.2, 0) is 4.74 Å². The van der Waals surface area contributed by atoms with Crippen LogP contribution >= 0.6 is 11.6 Å². The second-order valence-corrected chi connectivity index (χ2v) is 8.02. The molecule has 2 rings (SSSR count). The molecule has 154 valence electrons. The standard InChI is InChI=1S/C18H21ClF3N3O3/c1-17(2,3)28-14(26)10-6-7-11(23-13(10)19)25-9-8-12(24-25)27-16(22)18(4,5)15(20)21/h6-9,15-16H,1-5H3. The third-order valence-electron chi connectivity index (χ3n) is 3.62. The maximum absolute atomic E-state index is 14.0. The normalized spacial score (nSPS) is 13.5. The molecule has 0 aromatic carbocycles. The molecule has 0 radical (unpaired) electrons. The van der Waals surface area contributed by atoms with Crippen LogP contribution < -0.4 is 4.74 Å². The van der Waals surface area contributed by atoms with Gasteiger partial charge in [-0.2, -0.15) is 0 Å². The van der Waals surface area contributed by atoms with Crippen molar-refractivity contribution in [2.75, 3.05) is 0 Å². The van der Waals surface area contributed by atoms with Gasteiger partial charge in [-0.15, -0.1) is 5.10 Å². The Kier molecular flexibility index (Phi) is 6.27. The molecule has 10 heteroatoms. The first-order chi connectivity index (χ1) is 12.8. The van der Waals surface area contributed by atoms with Crippen LogP contribution in [0.3, 0.4) is 0 Å². The maximum Gasteiger partial charge on any atom is 0.341 e. The Morgan fingerprint density at radius 1 is 1.14 bits per heavy atom. The third-order valence-corrected chi connectivity index (χ3v) is 3.91. The Hall–Kier alpha value is -2.29. The molecule has 0 N–H and O–H groups in total. The minimum atomic E-state index is -2.91. The molecule has 0 amide bonds. The van der Waals surface area contributed by atoms with E-state index in [4.69, 9.17) is 21.1 Å². The number of hydrogen-bond acceptors (Lipinski definition) is 5. The molecule has 0 saturated heterocycles. The molecule has 6 nitrogen and oxygen atoms in total. The number of ether oxygens (including phenoxy) is 2. The molecule has 1 unspecified atom stereocenters. The van der Waals surface area contributed by atoms with E-state index in [2.05, 4.69) is 10.1 Å². The minimum absolute atomic E-state index is 0.0754. The Morgan fingerprint density at radius 3 is 2.32 bits per heavy atom. The number of pyridine rings is 1. The summed E-state index contributed by atoms with van der Waals surface area (Å²) in [5.74, 6) is -0.610. The van der Waals surface area contributed by atoms with Gasteiger partial charge in [-0.05, 0) is 46.8 Å². The van der Waals surface area contributed by atoms with Gasteiger partial charge in [-0.3, -0.25) is 0 Å². The van der Waals surface area contributed by atoms with Gasteiger partial charge in [0.2, 0.25) is 12.3 Å². The van der Waals surface area contributed by atoms with Crippen LogP contribution in [0.4, 0.5) is 13.2 Å². The Labute approximate surface area is 165 Å². The zero-order valence-electron chi connectivity index (χ0n) is 16.0. The largest absolute Gasteiger partial charge is 0.456 e. The average molecular weight is 420 g/mol. The van der Waals surface area contributed by atoms with Gasteiger partial charge in [0.15, 0.2) is 5.82 Å². The Balaban J connectivity index is 2.17. The summed E-state index contributed by atoms with van der Waals surface area (Å²) in [5, 5.41) is 3.84. The summed E-state index contributed by atoms with van der Waals surface area (Å²) in [5.41, 5.74) is -2.62. The fourth-order valence-electron chi connectivity index (χ4n) is 1.89. The molecule has 2 heterocycles. The zero-order valence-corrected chi connectivity index (χ0v) is 16.8. The molecular formula is C18H21ClF3N3O3. The number of esters is 1. The number of carbonyl (C=O) groups is 1. The van der Waals surface area contributed by atoms with Crippen molar-refractivity contribution in [2.24, 2.45) is 5.41 Å². The SMILES string of the molecule is CC(C)(C)OC(=O)c1ccc(-n2ccc(OC(F)C(C)(C)C(F)F)n2)nc1Cl. The lowest BCUT2D eigenvalue weighted by Crippen LogP contribution is -2.37. The number of hydrogen-bond donors (Lipinski definition) is 0. The molecule has 2 aromatic rings. The van der Waals surface area contributed by atoms with Crippen LogP contribution in [0, 0.1) is 5.41 Å². The molecule has 0 aliphatic rings. The Morgan fingerprint density at radius 2 is 1.79 bits per heavy atom. The molecule has 2 aromatic heterocycles. The quantitative estimate of drug-likeness (QED) is 0.495. The van der Waals surface area contributed by atoms with E-state index in [1.54, 1.807) is 20.8 Å². The second-order valence-electron chi connectivity index (χ2n) is 7.66. The summed E-state index contributed by atoms with van der Waals surface area (Å²) in [6, 6.07) is 4.17. The van der Waals surface area contributed by atoms with Crippen molar-refractivity contribution in [3.63, 3.8) is 0 Å². The summed E-state index contributed by atoms with van der Waals surface area (Å²) in [4.78, 5) is 16.2. The summed E-state index contributed by atoms with van der Waals surface area (Å²) in [6.45, 7) is 7.27. The lowest BCUT2D eigenvalue weighted by atomic mass is 9.94. The number of alkyl halides is 3. The van der Waals surface area contributed by atoms with Crippen molar-refractivity contribution in [1.29, 1.82) is 0 Å². The summed E-state index contributed by atoms with van der Waals surface area (Å²) >= 11 is 6.06. The van der Waals surface area contributed by atoms with Gasteiger partial charge in [-0.25, -0.2) is 27.6 Å². The van der Waals surface area contributed by atoms with Crippen molar-refractivity contribution < 1.29 is 27.4 Å². The van der Waals surface area contributed by atoms with E-state index < -0.39 is 29.8 Å². The van der Waals surface area contributed by atoms with Gasteiger partial charge >= 0.3 is 5.97 Å². The molecule has 0 saturated carbocycles. The lowest BCUT2D eigenvalue weighted by Gasteiger charge is -2.26. The first-order valence-electron chi connectivity index (χ1n) is 8.36. The molecule has 0 bridgehead atoms. The van der Waals surface area contributed by atoms with E-state index >= 15 is 0 Å². The zero-order chi connectivity index (χ0) is 21.3. The predicted octanol–water partition coefficient (Wildman–Crippen LogP) is 4.84. The van der Waals surface area contributed by atoms with E-state index in [0.717, 1.165) is 13.8 Å². The molecule has 0 spiro atoms. The van der Waals surface area contributed by atoms with Gasteiger partial charge in [0, 0.05) is 12.3 Å². The molecule has 1 atom stereocenters. The topological polar surface area (TPSA) is 66.2 Å². The van der Waals surface area contributed by atoms with Crippen LogP contribution in [0.1, 0.15) is 45.0 Å². The van der Waals surface area contributed by atoms with E-state index in [9.17, 15) is 18.0 Å². The molecule has 0 fully saturated rings. The van der Waals surface area contributed by atoms with Gasteiger partial charge in [-0.1, -0.05) is 11.6 Å². The summed E-state index contributed by atoms with van der Waals surface area (Å²) in [7, 11) is 0. The summed E-state index contributed by atoms with van der Waals surface area (Å²) < 4.78 is 51.1. The van der Waals surface area contributed by atoms with E-state index in [1.807, 2.05) is 0 Å². The van der Waals surface area contributed by atoms with Crippen molar-refractivity contribution in [3.05, 3.63) is 35.1 Å². The first-order valence-corrected chi connectivity index (χ1v) is 8.74. The molecule has 0 aliphatic carbocycles. The predicted molar refractivity (Wildman–Crippen MR) is 96.8 cm³/mol. The van der Waals surface area contributed by atoms with Crippen molar-refractivity contribution in [3.8, 4) is 11.7 Å². The smallest absolute Gasteiger partial charge is 0.341 e. The molecular weight excluding hydrogens is 399 g/mol. The summed E-state index contributed by atoms with van der Waals surface area (Å²) in [6.07, 6.45) is -3.78. The van der Waals surface area contributed by atoms with Crippen LogP contribution in [0.5, 0.6) is 5.88 Å². The van der Waals surface area contributed by atoms with Crippen LogP contribution in [0.25, 0.3) is 5.82 Å². The number of carbonyl (C=O) groups excluding carboxylic acids is 1. The first kappa shape index (κ1) is 22.0. The lowest BCUT2D eigenvalue weighted by molar-refractivity contribution is -0.115. The number of halogens is 4. The second kappa shape index (κ2) is 7.98. The minimum Gasteiger partial charge on any atom is -0.456 e. The van der Waals surface area contributed by atoms with Gasteiger partial charge < -0.3 is 9.47 Å². The van der Waals surface area contributed by atoms with E-state index in [-0.39, 0.29) is 22.4 Å². The van der Waals surface area contributed by atoms with Crippen LogP contribution in [0.2, 0.25) is 5.15 Å². The monoisotopic (exact) mass is 419 g/mol. The number of aromatic nitrogens is 3. The van der Waals surface area contributed by atoms with Gasteiger partial charge in [0.05, 0.1) is 11.0 Å². The van der Waals surface area contributed by atoms with E-state index in [1.165, 1.54) is 29.1 Å². The molecule has 28 heavy (non-hydrogen) atoms. The fourth-order valence-corrected chi connectivity index (χ4v) is 2.12. The fraction of sp³-hybridized carbons (Fsp3) is 0.500. The van der Waals surface area contributed by atoms with Crippen LogP contribution in [0.15, 0.2) is 24.4 Å². The average Bonchev–Trinajstić information content (AvgIpc) is 3.01. The Bertz CT molecular complexity index is 850. The highest BCUT2D eigenvalue weighted by atomic mass is 35.5. The van der Waals surface area contributed by atoms with Crippen molar-refractivity contribution in [1.82, 2.24) is 14.8 Å². The highest BCUT2D eigenvalue weighted by molar-refractivity contribution is 6.32.